The van der Waals surface area contributed by atoms with Gasteiger partial charge in [0.05, 0.1) is 17.4 Å². The number of benzene rings is 5. The molecule has 0 spiro atoms. The zero-order chi connectivity index (χ0) is 32.3. The Balaban J connectivity index is 1.18. The molecule has 5 aliphatic rings. The van der Waals surface area contributed by atoms with Crippen molar-refractivity contribution in [1.82, 2.24) is 0 Å². The Morgan fingerprint density at radius 3 is 2.53 bits per heavy atom. The Hall–Kier alpha value is -5.60. The van der Waals surface area contributed by atoms with Crippen LogP contribution >= 0.6 is 0 Å². The molecule has 0 saturated heterocycles. The normalized spacial score (nSPS) is 23.1. The second-order valence-electron chi connectivity index (χ2n) is 14.0. The number of aryl methyl sites for hydroxylation is 1. The van der Waals surface area contributed by atoms with Gasteiger partial charge in [0.25, 0.3) is 0 Å². The number of fused-ring (bicyclic) bond motifs is 5. The summed E-state index contributed by atoms with van der Waals surface area (Å²) in [4.78, 5) is 2.59. The van der Waals surface area contributed by atoms with E-state index >= 15 is 0 Å². The number of nitrogens with one attached hydrogen (secondary N) is 1. The molecule has 0 saturated carbocycles. The van der Waals surface area contributed by atoms with E-state index in [2.05, 4.69) is 174 Å². The maximum Gasteiger partial charge on any atom is 0.126 e. The van der Waals surface area contributed by atoms with Crippen molar-refractivity contribution in [2.75, 3.05) is 10.2 Å². The second-order valence-corrected chi connectivity index (χ2v) is 14.0. The van der Waals surface area contributed by atoms with Gasteiger partial charge in [-0.05, 0) is 98.3 Å². The van der Waals surface area contributed by atoms with E-state index in [9.17, 15) is 0 Å². The predicted molar refractivity (Wildman–Crippen MR) is 206 cm³/mol. The lowest BCUT2D eigenvalue weighted by molar-refractivity contribution is 0.631. The van der Waals surface area contributed by atoms with Crippen LogP contribution in [0.3, 0.4) is 0 Å². The van der Waals surface area contributed by atoms with Crippen molar-refractivity contribution in [3.05, 3.63) is 202 Å². The van der Waals surface area contributed by atoms with E-state index in [1.54, 1.807) is 0 Å². The number of hydrogen-bond acceptors (Lipinski definition) is 2. The van der Waals surface area contributed by atoms with E-state index in [0.717, 1.165) is 19.3 Å². The summed E-state index contributed by atoms with van der Waals surface area (Å²) in [7, 11) is 0. The molecular weight excluding hydrogens is 593 g/mol. The maximum absolute atomic E-state index is 3.94. The van der Waals surface area contributed by atoms with Crippen LogP contribution < -0.4 is 10.2 Å². The van der Waals surface area contributed by atoms with Crippen LogP contribution in [0.4, 0.5) is 11.4 Å². The SMILES string of the molecule is C1=CCC(N2c3ccccc3N[C@@H]2C2=CC3=C(c4ccc5ccccc5c4)c4ccccc4C(c4ccc5c(c4)C=CCC5)C3C=C2)C=C1. The summed E-state index contributed by atoms with van der Waals surface area (Å²) >= 11 is 0. The van der Waals surface area contributed by atoms with Crippen LogP contribution in [-0.4, -0.2) is 12.2 Å². The number of nitrogens with zero attached hydrogens (tertiary/aromatic N) is 1. The molecule has 0 radical (unpaired) electrons. The zero-order valence-corrected chi connectivity index (χ0v) is 27.5. The summed E-state index contributed by atoms with van der Waals surface area (Å²) in [6.45, 7) is 0. The molecule has 1 N–H and O–H groups in total. The summed E-state index contributed by atoms with van der Waals surface area (Å²) in [5, 5.41) is 6.49. The van der Waals surface area contributed by atoms with E-state index in [1.807, 2.05) is 0 Å². The van der Waals surface area contributed by atoms with Gasteiger partial charge in [0, 0.05) is 11.8 Å². The fourth-order valence-corrected chi connectivity index (χ4v) is 8.94. The van der Waals surface area contributed by atoms with E-state index in [-0.39, 0.29) is 24.0 Å². The first kappa shape index (κ1) is 28.4. The lowest BCUT2D eigenvalue weighted by atomic mass is 9.65. The largest absolute Gasteiger partial charge is 0.360 e. The van der Waals surface area contributed by atoms with Crippen molar-refractivity contribution in [2.45, 2.75) is 37.4 Å². The number of rotatable bonds is 4. The first-order chi connectivity index (χ1) is 24.3. The smallest absolute Gasteiger partial charge is 0.126 e. The Morgan fingerprint density at radius 2 is 1.59 bits per heavy atom. The van der Waals surface area contributed by atoms with E-state index in [1.165, 1.54) is 72.2 Å². The minimum atomic E-state index is 0.0330. The van der Waals surface area contributed by atoms with Crippen molar-refractivity contribution in [3.8, 4) is 0 Å². The van der Waals surface area contributed by atoms with Gasteiger partial charge >= 0.3 is 0 Å². The maximum atomic E-state index is 3.94. The highest BCUT2D eigenvalue weighted by Gasteiger charge is 2.40. The summed E-state index contributed by atoms with van der Waals surface area (Å²) in [6, 6.07) is 41.3. The van der Waals surface area contributed by atoms with Gasteiger partial charge in [-0.1, -0.05) is 146 Å². The van der Waals surface area contributed by atoms with Crippen LogP contribution in [0, 0.1) is 5.92 Å². The first-order valence-electron chi connectivity index (χ1n) is 17.8. The summed E-state index contributed by atoms with van der Waals surface area (Å²) in [5.41, 5.74) is 14.8. The number of anilines is 2. The van der Waals surface area contributed by atoms with Crippen LogP contribution in [0.15, 0.2) is 169 Å². The van der Waals surface area contributed by atoms with E-state index in [4.69, 9.17) is 0 Å². The molecule has 4 atom stereocenters. The third-order valence-corrected chi connectivity index (χ3v) is 11.2. The Labute approximate surface area is 288 Å². The Morgan fingerprint density at radius 1 is 0.714 bits per heavy atom. The minimum absolute atomic E-state index is 0.0330. The van der Waals surface area contributed by atoms with Gasteiger partial charge in [-0.2, -0.15) is 0 Å². The standard InChI is InChI=1S/C47H38N2/c1-2-16-38(17-3-1)49-44-21-11-10-20-43(44)48-47(49)37-26-27-41-42(30-37)46(36-25-23-32-13-5-7-15-34(32)29-36)40-19-9-8-18-39(40)45(41)35-24-22-31-12-4-6-14-33(31)28-35/h1-3,5-11,13-16,18-30,38,41,45,47-48H,4,12,17H2/t38?,41?,45?,47-/m0/s1. The molecule has 0 amide bonds. The van der Waals surface area contributed by atoms with Crippen molar-refractivity contribution >= 4 is 33.8 Å². The van der Waals surface area contributed by atoms with Crippen LogP contribution in [0.25, 0.3) is 22.4 Å². The van der Waals surface area contributed by atoms with Crippen molar-refractivity contribution < 1.29 is 0 Å². The monoisotopic (exact) mass is 630 g/mol. The van der Waals surface area contributed by atoms with Crippen LogP contribution in [0.1, 0.15) is 52.1 Å². The number of hydrogen-bond donors (Lipinski definition) is 1. The first-order valence-corrected chi connectivity index (χ1v) is 17.8. The average Bonchev–Trinajstić information content (AvgIpc) is 3.56. The number of allylic oxidation sites excluding steroid dienone is 6. The molecule has 236 valence electrons. The molecule has 0 aromatic heterocycles. The quantitative estimate of drug-likeness (QED) is 0.213. The highest BCUT2D eigenvalue weighted by atomic mass is 15.3. The predicted octanol–water partition coefficient (Wildman–Crippen LogP) is 11.0. The Bertz CT molecular complexity index is 2330. The van der Waals surface area contributed by atoms with Gasteiger partial charge in [-0.25, -0.2) is 0 Å². The molecule has 10 rings (SSSR count). The molecule has 49 heavy (non-hydrogen) atoms. The van der Waals surface area contributed by atoms with Crippen LogP contribution in [-0.2, 0) is 6.42 Å². The summed E-state index contributed by atoms with van der Waals surface area (Å²) in [5.74, 6) is 0.432. The molecule has 2 heteroatoms. The molecule has 3 unspecified atom stereocenters. The molecule has 0 bridgehead atoms. The third kappa shape index (κ3) is 4.70. The van der Waals surface area contributed by atoms with E-state index in [0.29, 0.717) is 0 Å². The summed E-state index contributed by atoms with van der Waals surface area (Å²) < 4.78 is 0. The minimum Gasteiger partial charge on any atom is -0.360 e. The van der Waals surface area contributed by atoms with Crippen molar-refractivity contribution in [1.29, 1.82) is 0 Å². The van der Waals surface area contributed by atoms with Crippen molar-refractivity contribution in [2.24, 2.45) is 5.92 Å². The Kier molecular flexibility index (Phi) is 6.68. The fourth-order valence-electron chi connectivity index (χ4n) is 8.94. The van der Waals surface area contributed by atoms with Gasteiger partial charge in [0.1, 0.15) is 6.17 Å². The lowest BCUT2D eigenvalue weighted by Gasteiger charge is -2.40. The number of para-hydroxylation sites is 2. The van der Waals surface area contributed by atoms with Gasteiger partial charge in [0.2, 0.25) is 0 Å². The second kappa shape index (κ2) is 11.5. The van der Waals surface area contributed by atoms with Gasteiger partial charge in [0.15, 0.2) is 0 Å². The van der Waals surface area contributed by atoms with Crippen LogP contribution in [0.2, 0.25) is 0 Å². The lowest BCUT2D eigenvalue weighted by Crippen LogP contribution is -2.44. The topological polar surface area (TPSA) is 15.3 Å². The van der Waals surface area contributed by atoms with Gasteiger partial charge in [-0.3, -0.25) is 0 Å². The van der Waals surface area contributed by atoms with E-state index < -0.39 is 0 Å². The molecular formula is C47H38N2. The molecule has 4 aliphatic carbocycles. The van der Waals surface area contributed by atoms with Gasteiger partial charge < -0.3 is 10.2 Å². The third-order valence-electron chi connectivity index (χ3n) is 11.2. The molecule has 1 heterocycles. The van der Waals surface area contributed by atoms with Crippen LogP contribution in [0.5, 0.6) is 0 Å². The molecule has 1 aliphatic heterocycles. The van der Waals surface area contributed by atoms with Crippen molar-refractivity contribution in [3.63, 3.8) is 0 Å². The molecule has 5 aromatic rings. The molecule has 0 fully saturated rings. The highest BCUT2D eigenvalue weighted by molar-refractivity contribution is 5.94. The molecule has 2 nitrogen and oxygen atoms in total. The van der Waals surface area contributed by atoms with Gasteiger partial charge in [-0.15, -0.1) is 0 Å². The molecule has 5 aromatic carbocycles. The zero-order valence-electron chi connectivity index (χ0n) is 27.5. The average molecular weight is 631 g/mol. The fraction of sp³-hybridized carbons (Fsp3) is 0.149. The summed E-state index contributed by atoms with van der Waals surface area (Å²) in [6.07, 6.45) is 24.4. The highest BCUT2D eigenvalue weighted by Crippen LogP contribution is 2.52.